The van der Waals surface area contributed by atoms with E-state index in [4.69, 9.17) is 22.1 Å². The number of methoxy groups -OCH3 is 1. The van der Waals surface area contributed by atoms with Gasteiger partial charge < -0.3 is 20.7 Å². The number of Topliss-reactive ketones (excluding diaryl/α,β-unsaturated/α-hetero) is 1. The van der Waals surface area contributed by atoms with Crippen LogP contribution in [0.5, 0.6) is 5.75 Å². The van der Waals surface area contributed by atoms with Crippen LogP contribution in [0.3, 0.4) is 0 Å². The van der Waals surface area contributed by atoms with E-state index in [0.717, 1.165) is 50.9 Å². The van der Waals surface area contributed by atoms with Gasteiger partial charge >= 0.3 is 0 Å². The van der Waals surface area contributed by atoms with Gasteiger partial charge in [-0.1, -0.05) is 41.9 Å². The van der Waals surface area contributed by atoms with Crippen LogP contribution in [0.25, 0.3) is 0 Å². The first-order valence-electron chi connectivity index (χ1n) is 11.2. The first-order valence-corrected chi connectivity index (χ1v) is 11.6. The lowest BCUT2D eigenvalue weighted by atomic mass is 9.96. The van der Waals surface area contributed by atoms with Crippen molar-refractivity contribution in [3.8, 4) is 5.75 Å². The number of piperidine rings is 1. The lowest BCUT2D eigenvalue weighted by molar-refractivity contribution is 0.0929. The maximum atomic E-state index is 12.6. The van der Waals surface area contributed by atoms with E-state index in [1.807, 2.05) is 30.3 Å². The quantitative estimate of drug-likeness (QED) is 0.313. The van der Waals surface area contributed by atoms with Gasteiger partial charge in [-0.15, -0.1) is 0 Å². The fourth-order valence-corrected chi connectivity index (χ4v) is 4.21. The van der Waals surface area contributed by atoms with Crippen LogP contribution in [0.4, 0.5) is 5.69 Å². The minimum atomic E-state index is -0.200. The van der Waals surface area contributed by atoms with Crippen LogP contribution in [0.15, 0.2) is 42.5 Å². The zero-order chi connectivity index (χ0) is 22.9. The van der Waals surface area contributed by atoms with E-state index in [-0.39, 0.29) is 11.7 Å². The Morgan fingerprint density at radius 3 is 2.56 bits per heavy atom. The Kier molecular flexibility index (Phi) is 8.94. The number of hydrogen-bond acceptors (Lipinski definition) is 5. The number of anilines is 1. The van der Waals surface area contributed by atoms with E-state index >= 15 is 0 Å². The maximum Gasteiger partial charge on any atom is 0.255 e. The summed E-state index contributed by atoms with van der Waals surface area (Å²) < 4.78 is 5.27. The van der Waals surface area contributed by atoms with Gasteiger partial charge in [0.2, 0.25) is 0 Å². The van der Waals surface area contributed by atoms with Gasteiger partial charge in [-0.2, -0.15) is 0 Å². The second-order valence-electron chi connectivity index (χ2n) is 8.32. The number of benzene rings is 2. The molecule has 1 saturated heterocycles. The number of rotatable bonds is 10. The highest BCUT2D eigenvalue weighted by Crippen LogP contribution is 2.29. The number of ketones is 1. The highest BCUT2D eigenvalue weighted by molar-refractivity contribution is 6.33. The van der Waals surface area contributed by atoms with Gasteiger partial charge in [0.1, 0.15) is 5.75 Å². The number of likely N-dealkylation sites (tertiary alicyclic amines) is 1. The number of amides is 1. The summed E-state index contributed by atoms with van der Waals surface area (Å²) in [6.07, 6.45) is 4.63. The molecule has 3 N–H and O–H groups in total. The molecule has 0 unspecified atom stereocenters. The second kappa shape index (κ2) is 11.9. The van der Waals surface area contributed by atoms with Gasteiger partial charge in [0.15, 0.2) is 5.78 Å². The minimum Gasteiger partial charge on any atom is -0.496 e. The molecule has 172 valence electrons. The van der Waals surface area contributed by atoms with Crippen LogP contribution in [-0.4, -0.2) is 49.9 Å². The fraction of sp³-hybridized carbons (Fsp3) is 0.440. The number of nitrogens with one attached hydrogen (secondary N) is 1. The van der Waals surface area contributed by atoms with Crippen LogP contribution < -0.4 is 15.8 Å². The molecular formula is C25H32ClN3O3. The molecule has 0 aromatic heterocycles. The summed E-state index contributed by atoms with van der Waals surface area (Å²) in [5.41, 5.74) is 7.37. The average Bonchev–Trinajstić information content (AvgIpc) is 2.82. The van der Waals surface area contributed by atoms with Gasteiger partial charge in [0.05, 0.1) is 23.4 Å². The summed E-state index contributed by atoms with van der Waals surface area (Å²) in [6.45, 7) is 3.68. The number of hydrogen-bond donors (Lipinski definition) is 2. The van der Waals surface area contributed by atoms with E-state index in [9.17, 15) is 9.59 Å². The largest absolute Gasteiger partial charge is 0.496 e. The van der Waals surface area contributed by atoms with E-state index in [0.29, 0.717) is 40.9 Å². The molecule has 1 fully saturated rings. The predicted molar refractivity (Wildman–Crippen MR) is 129 cm³/mol. The standard InChI is InChI=1S/C25H32ClN3O3/c1-32-24-16-22(27)21(26)15-20(24)25(31)28-17-18-10-13-29(14-11-18)12-6-5-9-23(30)19-7-3-2-4-8-19/h2-4,7-8,15-16,18H,5-6,9-14,17,27H2,1H3,(H,28,31). The first-order chi connectivity index (χ1) is 15.5. The Morgan fingerprint density at radius 1 is 1.16 bits per heavy atom. The first kappa shape index (κ1) is 24.1. The van der Waals surface area contributed by atoms with Crippen molar-refractivity contribution in [3.05, 3.63) is 58.6 Å². The van der Waals surface area contributed by atoms with Crippen LogP contribution >= 0.6 is 11.6 Å². The molecule has 3 rings (SSSR count). The van der Waals surface area contributed by atoms with Crippen molar-refractivity contribution < 1.29 is 14.3 Å². The molecule has 0 radical (unpaired) electrons. The maximum absolute atomic E-state index is 12.6. The summed E-state index contributed by atoms with van der Waals surface area (Å²) in [5, 5.41) is 3.35. The number of halogens is 1. The van der Waals surface area contributed by atoms with E-state index in [1.165, 1.54) is 7.11 Å². The van der Waals surface area contributed by atoms with Crippen LogP contribution in [0.1, 0.15) is 52.8 Å². The van der Waals surface area contributed by atoms with E-state index in [1.54, 1.807) is 12.1 Å². The van der Waals surface area contributed by atoms with Crippen molar-refractivity contribution >= 4 is 29.0 Å². The Morgan fingerprint density at radius 2 is 1.88 bits per heavy atom. The van der Waals surface area contributed by atoms with Gasteiger partial charge in [0.25, 0.3) is 5.91 Å². The van der Waals surface area contributed by atoms with Crippen LogP contribution in [-0.2, 0) is 0 Å². The lowest BCUT2D eigenvalue weighted by Crippen LogP contribution is -2.39. The number of nitrogen functional groups attached to an aromatic ring is 1. The van der Waals surface area contributed by atoms with Crippen molar-refractivity contribution in [2.75, 3.05) is 39.0 Å². The Balaban J connectivity index is 1.34. The zero-order valence-electron chi connectivity index (χ0n) is 18.6. The summed E-state index contributed by atoms with van der Waals surface area (Å²) in [6, 6.07) is 12.6. The molecule has 0 saturated carbocycles. The molecule has 1 amide bonds. The normalized spacial score (nSPS) is 14.8. The molecule has 0 spiro atoms. The number of carbonyl (C=O) groups excluding carboxylic acids is 2. The number of nitrogens with two attached hydrogens (primary N) is 1. The third kappa shape index (κ3) is 6.71. The van der Waals surface area contributed by atoms with Gasteiger partial charge in [-0.3, -0.25) is 9.59 Å². The lowest BCUT2D eigenvalue weighted by Gasteiger charge is -2.32. The molecule has 1 aliphatic rings. The summed E-state index contributed by atoms with van der Waals surface area (Å²) in [5.74, 6) is 0.892. The molecule has 2 aromatic carbocycles. The molecule has 2 aromatic rings. The zero-order valence-corrected chi connectivity index (χ0v) is 19.4. The van der Waals surface area contributed by atoms with E-state index in [2.05, 4.69) is 10.2 Å². The third-order valence-electron chi connectivity index (χ3n) is 6.05. The van der Waals surface area contributed by atoms with Crippen molar-refractivity contribution in [3.63, 3.8) is 0 Å². The fourth-order valence-electron chi connectivity index (χ4n) is 4.05. The molecule has 1 aliphatic heterocycles. The number of carbonyl (C=O) groups is 2. The third-order valence-corrected chi connectivity index (χ3v) is 6.37. The van der Waals surface area contributed by atoms with Crippen LogP contribution in [0.2, 0.25) is 5.02 Å². The average molecular weight is 458 g/mol. The smallest absolute Gasteiger partial charge is 0.255 e. The van der Waals surface area contributed by atoms with Crippen molar-refractivity contribution in [2.45, 2.75) is 32.1 Å². The number of ether oxygens (including phenoxy) is 1. The SMILES string of the molecule is COc1cc(N)c(Cl)cc1C(=O)NCC1CCN(CCCCC(=O)c2ccccc2)CC1. The Bertz CT molecular complexity index is 912. The van der Waals surface area contributed by atoms with Crippen LogP contribution in [0, 0.1) is 5.92 Å². The Labute approximate surface area is 195 Å². The minimum absolute atomic E-state index is 0.200. The van der Waals surface area contributed by atoms with Gasteiger partial charge in [0, 0.05) is 24.6 Å². The second-order valence-corrected chi connectivity index (χ2v) is 8.72. The van der Waals surface area contributed by atoms with Crippen molar-refractivity contribution in [2.24, 2.45) is 5.92 Å². The topological polar surface area (TPSA) is 84.7 Å². The predicted octanol–water partition coefficient (Wildman–Crippen LogP) is 4.43. The summed E-state index contributed by atoms with van der Waals surface area (Å²) in [7, 11) is 1.51. The van der Waals surface area contributed by atoms with Crippen molar-refractivity contribution in [1.82, 2.24) is 10.2 Å². The molecule has 0 aliphatic carbocycles. The molecule has 32 heavy (non-hydrogen) atoms. The van der Waals surface area contributed by atoms with E-state index < -0.39 is 0 Å². The molecule has 6 nitrogen and oxygen atoms in total. The van der Waals surface area contributed by atoms with Gasteiger partial charge in [-0.25, -0.2) is 0 Å². The molecule has 0 atom stereocenters. The molecule has 1 heterocycles. The molecular weight excluding hydrogens is 426 g/mol. The highest BCUT2D eigenvalue weighted by atomic mass is 35.5. The summed E-state index contributed by atoms with van der Waals surface area (Å²) >= 11 is 6.07. The number of nitrogens with zero attached hydrogens (tertiary/aromatic N) is 1. The molecule has 0 bridgehead atoms. The Hall–Kier alpha value is -2.57. The van der Waals surface area contributed by atoms with Crippen molar-refractivity contribution in [1.29, 1.82) is 0 Å². The summed E-state index contributed by atoms with van der Waals surface area (Å²) in [4.78, 5) is 27.2. The van der Waals surface area contributed by atoms with Gasteiger partial charge in [-0.05, 0) is 57.3 Å². The molecule has 7 heteroatoms. The number of unbranched alkanes of at least 4 members (excludes halogenated alkanes) is 1. The highest BCUT2D eigenvalue weighted by Gasteiger charge is 2.21. The monoisotopic (exact) mass is 457 g/mol.